The zero-order chi connectivity index (χ0) is 8.29. The maximum absolute atomic E-state index is 9.73. The van der Waals surface area contributed by atoms with Gasteiger partial charge in [0.15, 0.2) is 0 Å². The van der Waals surface area contributed by atoms with Crippen LogP contribution in [0.15, 0.2) is 0 Å². The second kappa shape index (κ2) is 2.22. The lowest BCUT2D eigenvalue weighted by molar-refractivity contribution is -0.239. The van der Waals surface area contributed by atoms with E-state index in [0.29, 0.717) is 12.1 Å². The van der Waals surface area contributed by atoms with Gasteiger partial charge in [-0.15, -0.1) is 0 Å². The Hall–Kier alpha value is -0.120. The Morgan fingerprint density at radius 1 is 0.917 bits per heavy atom. The fraction of sp³-hybridized carbons (Fsp3) is 1.00. The molecule has 68 valence electrons. The van der Waals surface area contributed by atoms with E-state index >= 15 is 0 Å². The van der Waals surface area contributed by atoms with Crippen LogP contribution >= 0.6 is 0 Å². The molecule has 4 saturated heterocycles. The molecule has 4 aliphatic heterocycles. The minimum absolute atomic E-state index is 0.476. The summed E-state index contributed by atoms with van der Waals surface area (Å²) in [6.45, 7) is 0. The molecule has 4 fully saturated rings. The van der Waals surface area contributed by atoms with Gasteiger partial charge in [-0.2, -0.15) is 5.06 Å². The van der Waals surface area contributed by atoms with Crippen LogP contribution < -0.4 is 0 Å². The molecule has 0 aromatic rings. The van der Waals surface area contributed by atoms with E-state index in [2.05, 4.69) is 11.9 Å². The van der Waals surface area contributed by atoms with Gasteiger partial charge in [0.05, 0.1) is 0 Å². The Morgan fingerprint density at radius 3 is 1.75 bits per heavy atom. The number of piperidine rings is 4. The molecule has 0 spiro atoms. The molecule has 4 heterocycles. The zero-order valence-corrected chi connectivity index (χ0v) is 7.48. The van der Waals surface area contributed by atoms with Gasteiger partial charge >= 0.3 is 0 Å². The van der Waals surface area contributed by atoms with Gasteiger partial charge in [-0.25, -0.2) is 0 Å². The maximum atomic E-state index is 9.73. The first-order valence-corrected chi connectivity index (χ1v) is 4.95. The van der Waals surface area contributed by atoms with Gasteiger partial charge < -0.3 is 10.1 Å². The Bertz CT molecular complexity index is 159. The molecule has 4 rings (SSSR count). The highest BCUT2D eigenvalue weighted by Gasteiger charge is 2.49. The number of hydrogen-bond acceptors (Lipinski definition) is 3. The second-order valence-corrected chi connectivity index (χ2v) is 4.60. The van der Waals surface area contributed by atoms with Crippen LogP contribution in [0.3, 0.4) is 0 Å². The van der Waals surface area contributed by atoms with Crippen molar-refractivity contribution < 1.29 is 5.21 Å². The molecular formula is C9H16N2O. The van der Waals surface area contributed by atoms with Crippen LogP contribution in [0.25, 0.3) is 0 Å². The topological polar surface area (TPSA) is 26.7 Å². The summed E-state index contributed by atoms with van der Waals surface area (Å²) in [5.74, 6) is 0. The predicted molar refractivity (Wildman–Crippen MR) is 45.0 cm³/mol. The Labute approximate surface area is 72.9 Å². The zero-order valence-electron chi connectivity index (χ0n) is 7.48. The third-order valence-electron chi connectivity index (χ3n) is 4.08. The first kappa shape index (κ1) is 7.30. The molecular weight excluding hydrogens is 152 g/mol. The minimum atomic E-state index is 0.476. The van der Waals surface area contributed by atoms with Gasteiger partial charge in [-0.1, -0.05) is 0 Å². The SMILES string of the molecule is CN1C2CC3CC1CC(C2)N3O. The molecule has 4 bridgehead atoms. The van der Waals surface area contributed by atoms with Crippen LogP contribution in [0.1, 0.15) is 25.7 Å². The third-order valence-corrected chi connectivity index (χ3v) is 4.08. The van der Waals surface area contributed by atoms with E-state index in [1.807, 2.05) is 0 Å². The largest absolute Gasteiger partial charge is 0.313 e. The van der Waals surface area contributed by atoms with E-state index in [9.17, 15) is 5.21 Å². The predicted octanol–water partition coefficient (Wildman–Crippen LogP) is 0.685. The minimum Gasteiger partial charge on any atom is -0.313 e. The highest BCUT2D eigenvalue weighted by Crippen LogP contribution is 2.42. The van der Waals surface area contributed by atoms with Crippen LogP contribution in [-0.4, -0.2) is 46.4 Å². The normalized spacial score (nSPS) is 53.5. The van der Waals surface area contributed by atoms with Gasteiger partial charge in [0.25, 0.3) is 0 Å². The second-order valence-electron chi connectivity index (χ2n) is 4.60. The summed E-state index contributed by atoms with van der Waals surface area (Å²) in [5, 5.41) is 11.4. The van der Waals surface area contributed by atoms with E-state index < -0.39 is 0 Å². The molecule has 0 radical (unpaired) electrons. The van der Waals surface area contributed by atoms with Crippen LogP contribution in [0.5, 0.6) is 0 Å². The summed E-state index contributed by atoms with van der Waals surface area (Å²) in [5.41, 5.74) is 0. The standard InChI is InChI=1S/C9H16N2O/c1-10-6-2-8-4-7(10)5-9(3-6)11(8)12/h6-9,12H,2-5H2,1H3. The smallest absolute Gasteiger partial charge is 0.0383 e. The quantitative estimate of drug-likeness (QED) is 0.576. The fourth-order valence-electron chi connectivity index (χ4n) is 3.33. The van der Waals surface area contributed by atoms with Crippen molar-refractivity contribution in [1.82, 2.24) is 9.96 Å². The molecule has 0 aromatic heterocycles. The number of nitrogens with zero attached hydrogens (tertiary/aromatic N) is 2. The molecule has 0 saturated carbocycles. The van der Waals surface area contributed by atoms with Crippen molar-refractivity contribution in [3.05, 3.63) is 0 Å². The van der Waals surface area contributed by atoms with E-state index in [-0.39, 0.29) is 0 Å². The molecule has 0 amide bonds. The molecule has 0 aromatic carbocycles. The number of hydroxylamine groups is 2. The summed E-state index contributed by atoms with van der Waals surface area (Å²) >= 11 is 0. The van der Waals surface area contributed by atoms with Crippen LogP contribution in [-0.2, 0) is 0 Å². The fourth-order valence-corrected chi connectivity index (χ4v) is 3.33. The first-order valence-electron chi connectivity index (χ1n) is 4.95. The molecule has 3 nitrogen and oxygen atoms in total. The van der Waals surface area contributed by atoms with Gasteiger partial charge in [0, 0.05) is 24.2 Å². The summed E-state index contributed by atoms with van der Waals surface area (Å²) in [4.78, 5) is 2.53. The molecule has 0 atom stereocenters. The maximum Gasteiger partial charge on any atom is 0.0383 e. The third kappa shape index (κ3) is 0.767. The van der Waals surface area contributed by atoms with Crippen molar-refractivity contribution in [3.63, 3.8) is 0 Å². The van der Waals surface area contributed by atoms with Gasteiger partial charge in [-0.3, -0.25) is 0 Å². The molecule has 12 heavy (non-hydrogen) atoms. The number of rotatable bonds is 0. The van der Waals surface area contributed by atoms with Crippen LogP contribution in [0.2, 0.25) is 0 Å². The van der Waals surface area contributed by atoms with Crippen molar-refractivity contribution in [3.8, 4) is 0 Å². The van der Waals surface area contributed by atoms with Crippen LogP contribution in [0.4, 0.5) is 0 Å². The lowest BCUT2D eigenvalue weighted by atomic mass is 9.74. The van der Waals surface area contributed by atoms with Gasteiger partial charge in [0.1, 0.15) is 0 Å². The highest BCUT2D eigenvalue weighted by molar-refractivity contribution is 5.03. The monoisotopic (exact) mass is 168 g/mol. The van der Waals surface area contributed by atoms with Crippen molar-refractivity contribution in [2.24, 2.45) is 0 Å². The average Bonchev–Trinajstić information content (AvgIpc) is 2.02. The van der Waals surface area contributed by atoms with Gasteiger partial charge in [0.2, 0.25) is 0 Å². The Balaban J connectivity index is 1.91. The Morgan fingerprint density at radius 2 is 1.33 bits per heavy atom. The molecule has 0 unspecified atom stereocenters. The van der Waals surface area contributed by atoms with Gasteiger partial charge in [-0.05, 0) is 32.7 Å². The van der Waals surface area contributed by atoms with Crippen LogP contribution in [0, 0.1) is 0 Å². The summed E-state index contributed by atoms with van der Waals surface area (Å²) in [6, 6.07) is 2.47. The lowest BCUT2D eigenvalue weighted by Crippen LogP contribution is -2.66. The molecule has 3 heteroatoms. The lowest BCUT2D eigenvalue weighted by Gasteiger charge is -2.58. The van der Waals surface area contributed by atoms with Crippen molar-refractivity contribution in [1.29, 1.82) is 0 Å². The molecule has 0 aliphatic carbocycles. The molecule has 1 N–H and O–H groups in total. The summed E-state index contributed by atoms with van der Waals surface area (Å²) < 4.78 is 0. The van der Waals surface area contributed by atoms with Crippen molar-refractivity contribution >= 4 is 0 Å². The average molecular weight is 168 g/mol. The first-order chi connectivity index (χ1) is 5.75. The number of hydrogen-bond donors (Lipinski definition) is 1. The van der Waals surface area contributed by atoms with E-state index in [1.54, 1.807) is 5.06 Å². The van der Waals surface area contributed by atoms with Crippen molar-refractivity contribution in [2.75, 3.05) is 7.05 Å². The van der Waals surface area contributed by atoms with E-state index in [0.717, 1.165) is 12.1 Å². The summed E-state index contributed by atoms with van der Waals surface area (Å²) in [7, 11) is 2.24. The van der Waals surface area contributed by atoms with E-state index in [1.165, 1.54) is 25.7 Å². The van der Waals surface area contributed by atoms with Crippen molar-refractivity contribution in [2.45, 2.75) is 49.9 Å². The highest BCUT2D eigenvalue weighted by atomic mass is 16.5. The van der Waals surface area contributed by atoms with E-state index in [4.69, 9.17) is 0 Å². The molecule has 4 aliphatic rings. The Kier molecular flexibility index (Phi) is 1.35. The summed E-state index contributed by atoms with van der Waals surface area (Å²) in [6.07, 6.45) is 4.72.